The Morgan fingerprint density at radius 1 is 0.585 bits per heavy atom. The fourth-order valence-electron chi connectivity index (χ4n) is 6.30. The first-order chi connectivity index (χ1) is 20.3. The monoisotopic (exact) mass is 528 g/mol. The van der Waals surface area contributed by atoms with E-state index in [1.165, 1.54) is 27.9 Å². The maximum Gasteiger partial charge on any atom is 0.123 e. The lowest BCUT2D eigenvalue weighted by atomic mass is 10.1. The molecule has 0 fully saturated rings. The summed E-state index contributed by atoms with van der Waals surface area (Å²) in [6.07, 6.45) is 3.11. The lowest BCUT2D eigenvalue weighted by Gasteiger charge is -2.24. The average molecular weight is 529 g/mol. The Morgan fingerprint density at radius 3 is 1.98 bits per heavy atom. The summed E-state index contributed by atoms with van der Waals surface area (Å²) in [5, 5.41) is 2.34. The summed E-state index contributed by atoms with van der Waals surface area (Å²) in [7, 11) is 0. The minimum Gasteiger partial charge on any atom is -0.384 e. The van der Waals surface area contributed by atoms with Crippen molar-refractivity contribution >= 4 is 45.2 Å². The molecule has 1 aliphatic rings. The Balaban J connectivity index is 1.39. The molecule has 1 aliphatic heterocycles. The number of benzene rings is 5. The van der Waals surface area contributed by atoms with Gasteiger partial charge in [0.1, 0.15) is 11.6 Å². The molecule has 0 bridgehead atoms. The lowest BCUT2D eigenvalue weighted by molar-refractivity contribution is 1.04. The maximum absolute atomic E-state index is 6.99. The molecule has 0 unspecified atom stereocenters. The van der Waals surface area contributed by atoms with Crippen molar-refractivity contribution in [1.82, 2.24) is 9.13 Å². The minimum atomic E-state index is 0.740. The number of nitrogen functional groups attached to an aromatic ring is 1. The van der Waals surface area contributed by atoms with Crippen LogP contribution in [0.1, 0.15) is 11.1 Å². The summed E-state index contributed by atoms with van der Waals surface area (Å²) in [4.78, 5) is 2.41. The molecule has 0 amide bonds. The second-order valence-electron chi connectivity index (χ2n) is 10.5. The Bertz CT molecular complexity index is 2080. The van der Waals surface area contributed by atoms with Crippen molar-refractivity contribution < 1.29 is 0 Å². The van der Waals surface area contributed by atoms with Crippen molar-refractivity contribution in [2.24, 2.45) is 0 Å². The SMILES string of the molecule is Nc1c(/C=C2\Cc3ccccc3N2c2cc3ccccc3n2-c2ccccc2)c2ccccc2n1-c1ccccc1. The molecule has 0 radical (unpaired) electrons. The topological polar surface area (TPSA) is 39.1 Å². The van der Waals surface area contributed by atoms with Crippen molar-refractivity contribution in [3.8, 4) is 11.4 Å². The molecule has 0 aliphatic carbocycles. The van der Waals surface area contributed by atoms with Gasteiger partial charge in [0.15, 0.2) is 0 Å². The summed E-state index contributed by atoms with van der Waals surface area (Å²) in [6, 6.07) is 49.1. The summed E-state index contributed by atoms with van der Waals surface area (Å²) >= 11 is 0. The van der Waals surface area contributed by atoms with Crippen LogP contribution in [-0.4, -0.2) is 9.13 Å². The molecule has 0 atom stereocenters. The molecule has 196 valence electrons. The van der Waals surface area contributed by atoms with Crippen LogP contribution < -0.4 is 10.6 Å². The van der Waals surface area contributed by atoms with Crippen molar-refractivity contribution in [3.63, 3.8) is 0 Å². The number of allylic oxidation sites excluding steroid dienone is 1. The molecule has 3 heterocycles. The molecular weight excluding hydrogens is 500 g/mol. The Labute approximate surface area is 238 Å². The zero-order valence-corrected chi connectivity index (χ0v) is 22.5. The zero-order valence-electron chi connectivity index (χ0n) is 22.5. The normalized spacial score (nSPS) is 13.9. The molecule has 4 nitrogen and oxygen atoms in total. The van der Waals surface area contributed by atoms with E-state index in [9.17, 15) is 0 Å². The maximum atomic E-state index is 6.99. The third-order valence-electron chi connectivity index (χ3n) is 8.10. The zero-order chi connectivity index (χ0) is 27.3. The fraction of sp³-hybridized carbons (Fsp3) is 0.0270. The van der Waals surface area contributed by atoms with Crippen LogP contribution in [0.2, 0.25) is 0 Å². The number of fused-ring (bicyclic) bond motifs is 3. The standard InChI is InChI=1S/C37H28N4/c38-37-32(31-19-9-12-22-35(31)41(37)29-17-5-2-6-18-29)25-30-23-26-13-7-10-20-33(26)40(30)36-24-27-14-8-11-21-34(27)39(36)28-15-3-1-4-16-28/h1-22,24-25H,23,38H2/b30-25+. The van der Waals surface area contributed by atoms with E-state index in [1.54, 1.807) is 0 Å². The van der Waals surface area contributed by atoms with Crippen LogP contribution in [0.3, 0.4) is 0 Å². The highest BCUT2D eigenvalue weighted by molar-refractivity contribution is 5.99. The van der Waals surface area contributed by atoms with Gasteiger partial charge in [0.05, 0.1) is 16.7 Å². The smallest absolute Gasteiger partial charge is 0.123 e. The van der Waals surface area contributed by atoms with Crippen LogP contribution in [0.5, 0.6) is 0 Å². The quantitative estimate of drug-likeness (QED) is 0.248. The largest absolute Gasteiger partial charge is 0.384 e. The fourth-order valence-corrected chi connectivity index (χ4v) is 6.30. The molecule has 5 aromatic carbocycles. The molecule has 4 heteroatoms. The van der Waals surface area contributed by atoms with E-state index in [-0.39, 0.29) is 0 Å². The predicted molar refractivity (Wildman–Crippen MR) is 171 cm³/mol. The number of hydrogen-bond donors (Lipinski definition) is 1. The first-order valence-electron chi connectivity index (χ1n) is 14.0. The van der Waals surface area contributed by atoms with Crippen LogP contribution in [-0.2, 0) is 6.42 Å². The van der Waals surface area contributed by atoms with Crippen molar-refractivity contribution in [3.05, 3.63) is 156 Å². The lowest BCUT2D eigenvalue weighted by Crippen LogP contribution is -2.15. The molecular formula is C37H28N4. The highest BCUT2D eigenvalue weighted by atomic mass is 15.3. The van der Waals surface area contributed by atoms with E-state index in [1.807, 2.05) is 6.07 Å². The second kappa shape index (κ2) is 9.32. The van der Waals surface area contributed by atoms with E-state index in [2.05, 4.69) is 154 Å². The summed E-state index contributed by atoms with van der Waals surface area (Å²) in [5.41, 5.74) is 16.2. The van der Waals surface area contributed by atoms with Gasteiger partial charge in [0.25, 0.3) is 0 Å². The summed E-state index contributed by atoms with van der Waals surface area (Å²) in [6.45, 7) is 0. The first kappa shape index (κ1) is 23.4. The van der Waals surface area contributed by atoms with Crippen LogP contribution in [0.15, 0.2) is 145 Å². The van der Waals surface area contributed by atoms with Crippen molar-refractivity contribution in [2.75, 3.05) is 10.6 Å². The number of hydrogen-bond acceptors (Lipinski definition) is 2. The van der Waals surface area contributed by atoms with Gasteiger partial charge in [-0.1, -0.05) is 91.0 Å². The number of rotatable bonds is 4. The van der Waals surface area contributed by atoms with Crippen LogP contribution >= 0.6 is 0 Å². The number of para-hydroxylation sites is 5. The number of nitrogens with two attached hydrogens (primary N) is 1. The Hall–Kier alpha value is -5.48. The summed E-state index contributed by atoms with van der Waals surface area (Å²) < 4.78 is 4.52. The van der Waals surface area contributed by atoms with Crippen LogP contribution in [0.25, 0.3) is 39.3 Å². The summed E-state index contributed by atoms with van der Waals surface area (Å²) in [5.74, 6) is 1.85. The van der Waals surface area contributed by atoms with Gasteiger partial charge in [0, 0.05) is 39.8 Å². The Kier molecular flexibility index (Phi) is 5.32. The van der Waals surface area contributed by atoms with Crippen LogP contribution in [0.4, 0.5) is 17.3 Å². The number of aromatic nitrogens is 2. The van der Waals surface area contributed by atoms with Crippen LogP contribution in [0, 0.1) is 0 Å². The molecule has 7 aromatic rings. The molecule has 0 spiro atoms. The molecule has 2 aromatic heterocycles. The van der Waals surface area contributed by atoms with E-state index in [4.69, 9.17) is 5.73 Å². The third kappa shape index (κ3) is 3.69. The predicted octanol–water partition coefficient (Wildman–Crippen LogP) is 8.89. The van der Waals surface area contributed by atoms with E-state index < -0.39 is 0 Å². The van der Waals surface area contributed by atoms with Gasteiger partial charge in [-0.2, -0.15) is 0 Å². The van der Waals surface area contributed by atoms with E-state index >= 15 is 0 Å². The van der Waals surface area contributed by atoms with Gasteiger partial charge in [-0.3, -0.25) is 14.0 Å². The van der Waals surface area contributed by atoms with Gasteiger partial charge >= 0.3 is 0 Å². The molecule has 8 rings (SSSR count). The average Bonchev–Trinajstić information content (AvgIpc) is 3.67. The molecule has 0 saturated carbocycles. The Morgan fingerprint density at radius 2 is 1.20 bits per heavy atom. The van der Waals surface area contributed by atoms with Gasteiger partial charge in [-0.15, -0.1) is 0 Å². The number of nitrogens with zero attached hydrogens (tertiary/aromatic N) is 3. The first-order valence-corrected chi connectivity index (χ1v) is 14.0. The molecule has 2 N–H and O–H groups in total. The third-order valence-corrected chi connectivity index (χ3v) is 8.10. The van der Waals surface area contributed by atoms with Gasteiger partial charge < -0.3 is 5.73 Å². The van der Waals surface area contributed by atoms with Gasteiger partial charge in [-0.05, 0) is 60.2 Å². The highest BCUT2D eigenvalue weighted by Crippen LogP contribution is 2.45. The van der Waals surface area contributed by atoms with Gasteiger partial charge in [-0.25, -0.2) is 0 Å². The second-order valence-corrected chi connectivity index (χ2v) is 10.5. The van der Waals surface area contributed by atoms with Crippen molar-refractivity contribution in [2.45, 2.75) is 6.42 Å². The van der Waals surface area contributed by atoms with Gasteiger partial charge in [0.2, 0.25) is 0 Å². The molecule has 0 saturated heterocycles. The van der Waals surface area contributed by atoms with Crippen molar-refractivity contribution in [1.29, 1.82) is 0 Å². The minimum absolute atomic E-state index is 0.740. The highest BCUT2D eigenvalue weighted by Gasteiger charge is 2.29. The van der Waals surface area contributed by atoms with E-state index in [0.717, 1.165) is 45.9 Å². The van der Waals surface area contributed by atoms with E-state index in [0.29, 0.717) is 0 Å². The number of anilines is 3. The molecule has 41 heavy (non-hydrogen) atoms.